The van der Waals surface area contributed by atoms with E-state index >= 15 is 0 Å². The van der Waals surface area contributed by atoms with Gasteiger partial charge in [-0.25, -0.2) is 4.98 Å². The zero-order valence-corrected chi connectivity index (χ0v) is 9.76. The Labute approximate surface area is 84.1 Å². The number of hydrogen-bond donors (Lipinski definition) is 1. The first-order valence-corrected chi connectivity index (χ1v) is 6.86. The van der Waals surface area contributed by atoms with Crippen molar-refractivity contribution in [1.29, 1.82) is 0 Å². The predicted octanol–water partition coefficient (Wildman–Crippen LogP) is 1.38. The van der Waals surface area contributed by atoms with Gasteiger partial charge in [0, 0.05) is 18.5 Å². The van der Waals surface area contributed by atoms with Gasteiger partial charge in [0.1, 0.15) is 7.14 Å². The van der Waals surface area contributed by atoms with E-state index in [2.05, 4.69) is 10.3 Å². The van der Waals surface area contributed by atoms with Gasteiger partial charge in [-0.15, -0.1) is 0 Å². The molecule has 5 heteroatoms. The van der Waals surface area contributed by atoms with Crippen molar-refractivity contribution in [3.05, 3.63) is 12.3 Å². The van der Waals surface area contributed by atoms with Gasteiger partial charge < -0.3 is 14.6 Å². The number of nitrogens with one attached hydrogen (secondary N) is 1. The molecule has 1 aromatic heterocycles. The molecule has 1 rings (SSSR count). The molecule has 14 heavy (non-hydrogen) atoms. The molecule has 0 spiro atoms. The van der Waals surface area contributed by atoms with Crippen molar-refractivity contribution in [2.24, 2.45) is 0 Å². The van der Waals surface area contributed by atoms with Crippen molar-refractivity contribution >= 4 is 18.3 Å². The first-order chi connectivity index (χ1) is 6.49. The Morgan fingerprint density at radius 1 is 1.50 bits per heavy atom. The number of ether oxygens (including phenoxy) is 1. The number of pyridine rings is 1. The maximum atomic E-state index is 11.8. The van der Waals surface area contributed by atoms with Gasteiger partial charge in [-0.3, -0.25) is 0 Å². The lowest BCUT2D eigenvalue weighted by atomic mass is 10.4. The van der Waals surface area contributed by atoms with Crippen molar-refractivity contribution < 1.29 is 9.30 Å². The lowest BCUT2D eigenvalue weighted by Gasteiger charge is -2.11. The molecule has 0 bridgehead atoms. The summed E-state index contributed by atoms with van der Waals surface area (Å²) in [5.41, 5.74) is 0. The molecule has 0 fully saturated rings. The van der Waals surface area contributed by atoms with Crippen molar-refractivity contribution in [3.63, 3.8) is 0 Å². The number of nitrogens with zero attached hydrogens (tertiary/aromatic N) is 1. The van der Waals surface area contributed by atoms with Gasteiger partial charge >= 0.3 is 0 Å². The van der Waals surface area contributed by atoms with Crippen LogP contribution in [-0.4, -0.2) is 32.5 Å². The monoisotopic (exact) mass is 214 g/mol. The minimum absolute atomic E-state index is 0.619. The van der Waals surface area contributed by atoms with Crippen LogP contribution in [0.15, 0.2) is 12.3 Å². The molecule has 0 unspecified atom stereocenters. The largest absolute Gasteiger partial charge is 0.493 e. The molecule has 0 amide bonds. The number of rotatable bonds is 3. The summed E-state index contributed by atoms with van der Waals surface area (Å²) in [5.74, 6) is 1.28. The maximum absolute atomic E-state index is 11.8. The van der Waals surface area contributed by atoms with E-state index in [1.807, 2.05) is 0 Å². The molecule has 0 aliphatic rings. The van der Waals surface area contributed by atoms with Crippen LogP contribution in [0.5, 0.6) is 5.75 Å². The third kappa shape index (κ3) is 2.26. The third-order valence-corrected chi connectivity index (χ3v) is 3.40. The summed E-state index contributed by atoms with van der Waals surface area (Å²) >= 11 is 0. The van der Waals surface area contributed by atoms with Crippen LogP contribution in [-0.2, 0) is 4.57 Å². The Morgan fingerprint density at radius 3 is 2.57 bits per heavy atom. The average Bonchev–Trinajstić information content (AvgIpc) is 2.15. The highest BCUT2D eigenvalue weighted by molar-refractivity contribution is 7.70. The summed E-state index contributed by atoms with van der Waals surface area (Å²) in [4.78, 5) is 4.13. The smallest absolute Gasteiger partial charge is 0.168 e. The summed E-state index contributed by atoms with van der Waals surface area (Å²) in [6, 6.07) is 1.76. The number of methoxy groups -OCH3 is 1. The molecular weight excluding hydrogens is 199 g/mol. The maximum Gasteiger partial charge on any atom is 0.168 e. The minimum atomic E-state index is -2.26. The summed E-state index contributed by atoms with van der Waals surface area (Å²) in [6.45, 7) is 3.42. The predicted molar refractivity (Wildman–Crippen MR) is 59.4 cm³/mol. The Bertz CT molecular complexity index is 373. The molecular formula is C9H15N2O2P. The van der Waals surface area contributed by atoms with Gasteiger partial charge in [0.25, 0.3) is 0 Å². The standard InChI is InChI=1S/C9H15N2O2P/c1-10-9-8(13-2)5-7(6-11-9)14(3,4)12/h5-6H,1-4H3,(H,10,11). The summed E-state index contributed by atoms with van der Waals surface area (Å²) in [5, 5.41) is 3.63. The summed E-state index contributed by atoms with van der Waals surface area (Å²) in [7, 11) is 1.07. The Hall–Kier alpha value is -1.02. The van der Waals surface area contributed by atoms with Gasteiger partial charge in [0.15, 0.2) is 11.6 Å². The number of hydrogen-bond acceptors (Lipinski definition) is 4. The van der Waals surface area contributed by atoms with E-state index in [0.29, 0.717) is 11.6 Å². The van der Waals surface area contributed by atoms with Crippen LogP contribution >= 0.6 is 7.14 Å². The molecule has 0 aliphatic carbocycles. The fraction of sp³-hybridized carbons (Fsp3) is 0.444. The fourth-order valence-corrected chi connectivity index (χ4v) is 1.84. The second-order valence-corrected chi connectivity index (χ2v) is 6.56. The van der Waals surface area contributed by atoms with Crippen LogP contribution in [0.3, 0.4) is 0 Å². The Kier molecular flexibility index (Phi) is 3.17. The van der Waals surface area contributed by atoms with Crippen LogP contribution in [0.4, 0.5) is 5.82 Å². The minimum Gasteiger partial charge on any atom is -0.493 e. The topological polar surface area (TPSA) is 51.2 Å². The van der Waals surface area contributed by atoms with E-state index in [-0.39, 0.29) is 0 Å². The molecule has 4 nitrogen and oxygen atoms in total. The second kappa shape index (κ2) is 4.01. The SMILES string of the molecule is CNc1ncc(P(C)(C)=O)cc1OC. The third-order valence-electron chi connectivity index (χ3n) is 1.92. The van der Waals surface area contributed by atoms with Crippen molar-refractivity contribution in [2.75, 3.05) is 32.8 Å². The van der Waals surface area contributed by atoms with Gasteiger partial charge in [0.2, 0.25) is 0 Å². The van der Waals surface area contributed by atoms with E-state index in [1.54, 1.807) is 39.8 Å². The first kappa shape index (κ1) is 11.1. The molecule has 78 valence electrons. The van der Waals surface area contributed by atoms with Gasteiger partial charge in [-0.2, -0.15) is 0 Å². The zero-order chi connectivity index (χ0) is 10.8. The molecule has 0 saturated heterocycles. The van der Waals surface area contributed by atoms with Crippen molar-refractivity contribution in [1.82, 2.24) is 4.98 Å². The number of anilines is 1. The quantitative estimate of drug-likeness (QED) is 0.772. The van der Waals surface area contributed by atoms with Crippen LogP contribution in [0, 0.1) is 0 Å². The van der Waals surface area contributed by atoms with Crippen LogP contribution in [0.25, 0.3) is 0 Å². The lowest BCUT2D eigenvalue weighted by molar-refractivity contribution is 0.415. The van der Waals surface area contributed by atoms with Gasteiger partial charge in [0.05, 0.1) is 7.11 Å². The molecule has 0 saturated carbocycles. The lowest BCUT2D eigenvalue weighted by Crippen LogP contribution is -2.07. The average molecular weight is 214 g/mol. The van der Waals surface area contributed by atoms with Crippen molar-refractivity contribution in [2.45, 2.75) is 0 Å². The van der Waals surface area contributed by atoms with Gasteiger partial charge in [-0.05, 0) is 19.4 Å². The second-order valence-electron chi connectivity index (χ2n) is 3.35. The molecule has 0 aliphatic heterocycles. The molecule has 1 aromatic rings. The zero-order valence-electron chi connectivity index (χ0n) is 8.87. The Morgan fingerprint density at radius 2 is 2.14 bits per heavy atom. The Balaban J connectivity index is 3.21. The first-order valence-electron chi connectivity index (χ1n) is 4.26. The van der Waals surface area contributed by atoms with Gasteiger partial charge in [-0.1, -0.05) is 0 Å². The molecule has 0 atom stereocenters. The molecule has 1 heterocycles. The van der Waals surface area contributed by atoms with Crippen LogP contribution < -0.4 is 15.4 Å². The molecule has 0 aromatic carbocycles. The number of aromatic nitrogens is 1. The van der Waals surface area contributed by atoms with E-state index in [1.165, 1.54) is 0 Å². The van der Waals surface area contributed by atoms with E-state index in [0.717, 1.165) is 5.30 Å². The van der Waals surface area contributed by atoms with Crippen LogP contribution in [0.1, 0.15) is 0 Å². The molecule has 1 N–H and O–H groups in total. The van der Waals surface area contributed by atoms with E-state index in [4.69, 9.17) is 4.74 Å². The summed E-state index contributed by atoms with van der Waals surface area (Å²) < 4.78 is 16.9. The summed E-state index contributed by atoms with van der Waals surface area (Å²) in [6.07, 6.45) is 1.62. The normalized spacial score (nSPS) is 11.1. The highest BCUT2D eigenvalue weighted by Gasteiger charge is 2.14. The molecule has 0 radical (unpaired) electrons. The van der Waals surface area contributed by atoms with E-state index < -0.39 is 7.14 Å². The highest BCUT2D eigenvalue weighted by atomic mass is 31.2. The van der Waals surface area contributed by atoms with Crippen molar-refractivity contribution in [3.8, 4) is 5.75 Å². The van der Waals surface area contributed by atoms with E-state index in [9.17, 15) is 4.57 Å². The fourth-order valence-electron chi connectivity index (χ4n) is 1.07. The van der Waals surface area contributed by atoms with Crippen LogP contribution in [0.2, 0.25) is 0 Å². The highest BCUT2D eigenvalue weighted by Crippen LogP contribution is 2.36.